The van der Waals surface area contributed by atoms with Gasteiger partial charge in [-0.1, -0.05) is 24.3 Å². The van der Waals surface area contributed by atoms with Crippen molar-refractivity contribution in [1.29, 1.82) is 0 Å². The number of hydrogen-bond donors (Lipinski definition) is 1. The number of aryl methyl sites for hydroxylation is 1. The number of nitrogens with one attached hydrogen (secondary N) is 1. The Bertz CT molecular complexity index is 1230. The third-order valence-electron chi connectivity index (χ3n) is 5.59. The molecule has 1 fully saturated rings. The molecule has 0 unspecified atom stereocenters. The third kappa shape index (κ3) is 3.18. The van der Waals surface area contributed by atoms with Gasteiger partial charge in [-0.3, -0.25) is 14.2 Å². The molecule has 3 heterocycles. The Morgan fingerprint density at radius 2 is 1.90 bits per heavy atom. The number of H-pyrrole nitrogens is 1. The van der Waals surface area contributed by atoms with Crippen molar-refractivity contribution in [3.63, 3.8) is 0 Å². The maximum atomic E-state index is 12.9. The molecule has 1 amide bonds. The Labute approximate surface area is 167 Å². The molecule has 1 atom stereocenters. The van der Waals surface area contributed by atoms with E-state index in [1.807, 2.05) is 47.4 Å². The molecule has 1 saturated heterocycles. The van der Waals surface area contributed by atoms with Crippen LogP contribution < -0.4 is 5.56 Å². The first-order valence-corrected chi connectivity index (χ1v) is 9.89. The predicted molar refractivity (Wildman–Crippen MR) is 110 cm³/mol. The van der Waals surface area contributed by atoms with Gasteiger partial charge in [0.1, 0.15) is 5.82 Å². The summed E-state index contributed by atoms with van der Waals surface area (Å²) >= 11 is 0. The van der Waals surface area contributed by atoms with E-state index in [-0.39, 0.29) is 23.9 Å². The molecule has 29 heavy (non-hydrogen) atoms. The number of carbonyl (C=O) groups is 1. The number of hydrogen-bond acceptors (Lipinski definition) is 4. The lowest BCUT2D eigenvalue weighted by Gasteiger charge is -2.23. The van der Waals surface area contributed by atoms with Gasteiger partial charge in [-0.05, 0) is 37.1 Å². The highest BCUT2D eigenvalue weighted by atomic mass is 16.2. The van der Waals surface area contributed by atoms with Crippen molar-refractivity contribution >= 4 is 27.8 Å². The molecule has 0 spiro atoms. The van der Waals surface area contributed by atoms with Gasteiger partial charge < -0.3 is 9.88 Å². The summed E-state index contributed by atoms with van der Waals surface area (Å²) in [6.07, 6.45) is 3.63. The molecular weight excluding hydrogens is 366 g/mol. The summed E-state index contributed by atoms with van der Waals surface area (Å²) in [6, 6.07) is 15.1. The molecule has 2 aromatic heterocycles. The van der Waals surface area contributed by atoms with Crippen LogP contribution in [0.4, 0.5) is 0 Å². The quantitative estimate of drug-likeness (QED) is 0.583. The predicted octanol–water partition coefficient (Wildman–Crippen LogP) is 3.03. The van der Waals surface area contributed by atoms with Gasteiger partial charge in [0.05, 0.1) is 34.3 Å². The fourth-order valence-electron chi connectivity index (χ4n) is 4.10. The molecule has 4 aromatic rings. The van der Waals surface area contributed by atoms with Crippen LogP contribution in [0.2, 0.25) is 0 Å². The summed E-state index contributed by atoms with van der Waals surface area (Å²) in [4.78, 5) is 39.8. The Morgan fingerprint density at radius 1 is 1.10 bits per heavy atom. The van der Waals surface area contributed by atoms with E-state index in [4.69, 9.17) is 0 Å². The van der Waals surface area contributed by atoms with E-state index >= 15 is 0 Å². The largest absolute Gasteiger partial charge is 0.340 e. The highest BCUT2D eigenvalue weighted by Gasteiger charge is 2.31. The van der Waals surface area contributed by atoms with Gasteiger partial charge >= 0.3 is 0 Å². The molecule has 2 aromatic carbocycles. The van der Waals surface area contributed by atoms with Gasteiger partial charge in [-0.15, -0.1) is 0 Å². The van der Waals surface area contributed by atoms with E-state index in [1.54, 1.807) is 6.07 Å². The first kappa shape index (κ1) is 17.6. The minimum absolute atomic E-state index is 0.0352. The topological polar surface area (TPSA) is 83.9 Å². The number of para-hydroxylation sites is 3. The maximum Gasteiger partial charge on any atom is 0.261 e. The number of aromatic amines is 1. The van der Waals surface area contributed by atoms with Crippen molar-refractivity contribution in [3.8, 4) is 0 Å². The molecule has 7 heteroatoms. The second kappa shape index (κ2) is 7.16. The van der Waals surface area contributed by atoms with E-state index in [1.165, 1.54) is 10.9 Å². The SMILES string of the molecule is O=C(CCn1cnc2ccccc2c1=O)N1CCC[C@@H]1c1nc2ccccc2[nH]1. The van der Waals surface area contributed by atoms with Gasteiger partial charge in [0.2, 0.25) is 5.91 Å². The lowest BCUT2D eigenvalue weighted by atomic mass is 10.2. The maximum absolute atomic E-state index is 12.9. The van der Waals surface area contributed by atoms with Crippen LogP contribution in [0.3, 0.4) is 0 Å². The Hall–Kier alpha value is -3.48. The highest BCUT2D eigenvalue weighted by molar-refractivity contribution is 5.79. The molecule has 0 bridgehead atoms. The average molecular weight is 387 g/mol. The van der Waals surface area contributed by atoms with Crippen LogP contribution in [-0.4, -0.2) is 36.9 Å². The van der Waals surface area contributed by atoms with Crippen LogP contribution in [-0.2, 0) is 11.3 Å². The number of fused-ring (bicyclic) bond motifs is 2. The number of imidazole rings is 1. The lowest BCUT2D eigenvalue weighted by Crippen LogP contribution is -2.32. The average Bonchev–Trinajstić information content (AvgIpc) is 3.40. The molecule has 146 valence electrons. The fraction of sp³-hybridized carbons (Fsp3) is 0.273. The van der Waals surface area contributed by atoms with Crippen LogP contribution in [0.15, 0.2) is 59.7 Å². The summed E-state index contributed by atoms with van der Waals surface area (Å²) < 4.78 is 1.52. The molecule has 1 aliphatic rings. The van der Waals surface area contributed by atoms with Crippen molar-refractivity contribution in [3.05, 3.63) is 71.0 Å². The first-order chi connectivity index (χ1) is 14.2. The zero-order chi connectivity index (χ0) is 19.8. The van der Waals surface area contributed by atoms with Crippen molar-refractivity contribution in [1.82, 2.24) is 24.4 Å². The molecular formula is C22H21N5O2. The first-order valence-electron chi connectivity index (χ1n) is 9.89. The van der Waals surface area contributed by atoms with E-state index in [2.05, 4.69) is 15.0 Å². The fourth-order valence-corrected chi connectivity index (χ4v) is 4.10. The van der Waals surface area contributed by atoms with E-state index in [0.29, 0.717) is 24.0 Å². The van der Waals surface area contributed by atoms with Crippen molar-refractivity contribution in [2.24, 2.45) is 0 Å². The smallest absolute Gasteiger partial charge is 0.261 e. The number of aromatic nitrogens is 4. The molecule has 7 nitrogen and oxygen atoms in total. The third-order valence-corrected chi connectivity index (χ3v) is 5.59. The number of rotatable bonds is 4. The van der Waals surface area contributed by atoms with Crippen LogP contribution in [0.5, 0.6) is 0 Å². The summed E-state index contributed by atoms with van der Waals surface area (Å²) in [6.45, 7) is 1.03. The minimum Gasteiger partial charge on any atom is -0.340 e. The van der Waals surface area contributed by atoms with Crippen LogP contribution in [0.25, 0.3) is 21.9 Å². The van der Waals surface area contributed by atoms with Crippen molar-refractivity contribution < 1.29 is 4.79 Å². The van der Waals surface area contributed by atoms with Gasteiger partial charge in [0.15, 0.2) is 0 Å². The monoisotopic (exact) mass is 387 g/mol. The zero-order valence-electron chi connectivity index (χ0n) is 15.9. The van der Waals surface area contributed by atoms with Gasteiger partial charge in [-0.2, -0.15) is 0 Å². The Morgan fingerprint density at radius 3 is 2.76 bits per heavy atom. The van der Waals surface area contributed by atoms with Crippen LogP contribution in [0, 0.1) is 0 Å². The summed E-state index contributed by atoms with van der Waals surface area (Å²) in [7, 11) is 0. The summed E-state index contributed by atoms with van der Waals surface area (Å²) in [5.41, 5.74) is 2.45. The van der Waals surface area contributed by atoms with Crippen molar-refractivity contribution in [2.75, 3.05) is 6.54 Å². The van der Waals surface area contributed by atoms with Gasteiger partial charge in [0.25, 0.3) is 5.56 Å². The number of nitrogens with zero attached hydrogens (tertiary/aromatic N) is 4. The number of likely N-dealkylation sites (tertiary alicyclic amines) is 1. The van der Waals surface area contributed by atoms with E-state index in [9.17, 15) is 9.59 Å². The molecule has 1 aliphatic heterocycles. The molecule has 0 saturated carbocycles. The lowest BCUT2D eigenvalue weighted by molar-refractivity contribution is -0.132. The van der Waals surface area contributed by atoms with Crippen LogP contribution >= 0.6 is 0 Å². The van der Waals surface area contributed by atoms with Gasteiger partial charge in [-0.25, -0.2) is 9.97 Å². The summed E-state index contributed by atoms with van der Waals surface area (Å²) in [5, 5.41) is 0.573. The normalized spacial score (nSPS) is 16.7. The van der Waals surface area contributed by atoms with E-state index in [0.717, 1.165) is 29.7 Å². The molecule has 5 rings (SSSR count). The second-order valence-corrected chi connectivity index (χ2v) is 7.39. The van der Waals surface area contributed by atoms with Gasteiger partial charge in [0, 0.05) is 19.5 Å². The zero-order valence-corrected chi connectivity index (χ0v) is 15.9. The second-order valence-electron chi connectivity index (χ2n) is 7.39. The Kier molecular flexibility index (Phi) is 4.35. The van der Waals surface area contributed by atoms with Crippen LogP contribution in [0.1, 0.15) is 31.1 Å². The number of benzene rings is 2. The Balaban J connectivity index is 1.34. The summed E-state index contributed by atoms with van der Waals surface area (Å²) in [5.74, 6) is 0.870. The van der Waals surface area contributed by atoms with E-state index < -0.39 is 0 Å². The number of amides is 1. The molecule has 1 N–H and O–H groups in total. The molecule has 0 radical (unpaired) electrons. The number of carbonyl (C=O) groups excluding carboxylic acids is 1. The molecule has 0 aliphatic carbocycles. The highest BCUT2D eigenvalue weighted by Crippen LogP contribution is 2.31. The standard InChI is InChI=1S/C22H21N5O2/c28-20(11-13-26-14-23-16-7-2-1-6-15(16)22(26)29)27-12-5-10-19(27)21-24-17-8-3-4-9-18(17)25-21/h1-4,6-9,14,19H,5,10-13H2,(H,24,25)/t19-/m1/s1. The minimum atomic E-state index is -0.112. The van der Waals surface area contributed by atoms with Crippen molar-refractivity contribution in [2.45, 2.75) is 31.8 Å².